The minimum absolute atomic E-state index is 0.346. The number of rotatable bonds is 6. The van der Waals surface area contributed by atoms with E-state index in [1.165, 1.54) is 0 Å². The second-order valence-corrected chi connectivity index (χ2v) is 5.72. The van der Waals surface area contributed by atoms with Gasteiger partial charge in [0.05, 0.1) is 12.2 Å². The van der Waals surface area contributed by atoms with Gasteiger partial charge in [0.15, 0.2) is 0 Å². The Labute approximate surface area is 145 Å². The fourth-order valence-electron chi connectivity index (χ4n) is 2.43. The molecule has 0 unspecified atom stereocenters. The van der Waals surface area contributed by atoms with Crippen molar-refractivity contribution in [1.29, 1.82) is 0 Å². The van der Waals surface area contributed by atoms with Crippen LogP contribution in [0.3, 0.4) is 0 Å². The van der Waals surface area contributed by atoms with Gasteiger partial charge in [-0.1, -0.05) is 12.1 Å². The largest absolute Gasteiger partial charge is 0.462 e. The Balaban J connectivity index is 1.55. The summed E-state index contributed by atoms with van der Waals surface area (Å²) in [6.07, 6.45) is 1.50. The van der Waals surface area contributed by atoms with E-state index in [2.05, 4.69) is 15.2 Å². The van der Waals surface area contributed by atoms with Crippen molar-refractivity contribution in [1.82, 2.24) is 15.2 Å². The van der Waals surface area contributed by atoms with Crippen LogP contribution in [0.1, 0.15) is 34.1 Å². The van der Waals surface area contributed by atoms with Crippen LogP contribution < -0.4 is 0 Å². The van der Waals surface area contributed by atoms with Gasteiger partial charge in [0.2, 0.25) is 11.8 Å². The smallest absolute Gasteiger partial charge is 0.338 e. The Kier molecular flexibility index (Phi) is 5.18. The van der Waals surface area contributed by atoms with E-state index in [-0.39, 0.29) is 5.97 Å². The first-order chi connectivity index (χ1) is 12.1. The zero-order chi connectivity index (χ0) is 17.6. The minimum Gasteiger partial charge on any atom is -0.462 e. The summed E-state index contributed by atoms with van der Waals surface area (Å²) in [6.45, 7) is 4.03. The molecule has 0 bridgehead atoms. The highest BCUT2D eigenvalue weighted by atomic mass is 16.5. The summed E-state index contributed by atoms with van der Waals surface area (Å²) in [5.41, 5.74) is 3.15. The number of ether oxygens (including phenoxy) is 1. The molecule has 128 valence electrons. The maximum atomic E-state index is 12.2. The van der Waals surface area contributed by atoms with Gasteiger partial charge in [0.1, 0.15) is 0 Å². The van der Waals surface area contributed by atoms with Crippen LogP contribution in [0.2, 0.25) is 0 Å². The predicted octanol–water partition coefficient (Wildman–Crippen LogP) is 3.54. The van der Waals surface area contributed by atoms with Gasteiger partial charge in [-0.25, -0.2) is 4.79 Å². The third-order valence-corrected chi connectivity index (χ3v) is 3.63. The quantitative estimate of drug-likeness (QED) is 0.506. The van der Waals surface area contributed by atoms with Crippen LogP contribution in [0.4, 0.5) is 0 Å². The number of carbonyl (C=O) groups excluding carboxylic acids is 1. The molecule has 3 aromatic rings. The van der Waals surface area contributed by atoms with Gasteiger partial charge in [0, 0.05) is 23.9 Å². The first kappa shape index (κ1) is 16.8. The van der Waals surface area contributed by atoms with Crippen LogP contribution in [-0.4, -0.2) is 27.8 Å². The maximum Gasteiger partial charge on any atom is 0.338 e. The molecule has 1 aromatic carbocycles. The SMILES string of the molecule is Cc1cccc(CCCOC(=O)c2cccc(-c3nnc(C)o3)c2)n1. The molecule has 0 aliphatic rings. The van der Waals surface area contributed by atoms with Gasteiger partial charge in [-0.2, -0.15) is 0 Å². The molecule has 0 N–H and O–H groups in total. The molecule has 0 saturated carbocycles. The average molecular weight is 337 g/mol. The van der Waals surface area contributed by atoms with Crippen molar-refractivity contribution >= 4 is 5.97 Å². The topological polar surface area (TPSA) is 78.1 Å². The lowest BCUT2D eigenvalue weighted by Crippen LogP contribution is -2.07. The summed E-state index contributed by atoms with van der Waals surface area (Å²) in [5.74, 6) is 0.501. The number of pyridine rings is 1. The van der Waals surface area contributed by atoms with Crippen molar-refractivity contribution in [3.05, 3.63) is 65.3 Å². The lowest BCUT2D eigenvalue weighted by molar-refractivity contribution is 0.0500. The summed E-state index contributed by atoms with van der Waals surface area (Å²) in [6, 6.07) is 12.9. The van der Waals surface area contributed by atoms with Gasteiger partial charge in [-0.3, -0.25) is 4.98 Å². The second kappa shape index (κ2) is 7.70. The summed E-state index contributed by atoms with van der Waals surface area (Å²) >= 11 is 0. The molecule has 25 heavy (non-hydrogen) atoms. The van der Waals surface area contributed by atoms with Crippen molar-refractivity contribution in [2.24, 2.45) is 0 Å². The van der Waals surface area contributed by atoms with Crippen molar-refractivity contribution in [3.63, 3.8) is 0 Å². The molecule has 6 nitrogen and oxygen atoms in total. The van der Waals surface area contributed by atoms with Crippen molar-refractivity contribution < 1.29 is 13.9 Å². The molecule has 0 atom stereocenters. The molecule has 0 radical (unpaired) electrons. The van der Waals surface area contributed by atoms with E-state index < -0.39 is 0 Å². The van der Waals surface area contributed by atoms with Crippen LogP contribution in [0, 0.1) is 13.8 Å². The lowest BCUT2D eigenvalue weighted by Gasteiger charge is -2.06. The van der Waals surface area contributed by atoms with Gasteiger partial charge in [-0.05, 0) is 50.1 Å². The predicted molar refractivity (Wildman–Crippen MR) is 92.0 cm³/mol. The average Bonchev–Trinajstić information content (AvgIpc) is 3.05. The zero-order valence-electron chi connectivity index (χ0n) is 14.2. The maximum absolute atomic E-state index is 12.2. The molecule has 0 spiro atoms. The van der Waals surface area contributed by atoms with E-state index in [9.17, 15) is 4.79 Å². The first-order valence-corrected chi connectivity index (χ1v) is 8.12. The van der Waals surface area contributed by atoms with Crippen LogP contribution in [0.5, 0.6) is 0 Å². The van der Waals surface area contributed by atoms with E-state index in [1.807, 2.05) is 31.2 Å². The number of nitrogens with zero attached hydrogens (tertiary/aromatic N) is 3. The minimum atomic E-state index is -0.365. The van der Waals surface area contributed by atoms with Crippen LogP contribution >= 0.6 is 0 Å². The summed E-state index contributed by atoms with van der Waals surface area (Å²) in [5, 5.41) is 7.75. The van der Waals surface area contributed by atoms with E-state index in [1.54, 1.807) is 25.1 Å². The molecule has 6 heteroatoms. The second-order valence-electron chi connectivity index (χ2n) is 5.72. The van der Waals surface area contributed by atoms with E-state index in [0.29, 0.717) is 29.5 Å². The Morgan fingerprint density at radius 1 is 1.12 bits per heavy atom. The van der Waals surface area contributed by atoms with E-state index in [4.69, 9.17) is 9.15 Å². The van der Waals surface area contributed by atoms with Gasteiger partial charge in [-0.15, -0.1) is 10.2 Å². The Bertz CT molecular complexity index is 874. The molecule has 0 saturated heterocycles. The van der Waals surface area contributed by atoms with Crippen molar-refractivity contribution in [3.8, 4) is 11.5 Å². The van der Waals surface area contributed by atoms with E-state index >= 15 is 0 Å². The Hall–Kier alpha value is -3.02. The normalized spacial score (nSPS) is 10.6. The molecule has 2 heterocycles. The fourth-order valence-corrected chi connectivity index (χ4v) is 2.43. The zero-order valence-corrected chi connectivity index (χ0v) is 14.2. The van der Waals surface area contributed by atoms with Crippen LogP contribution in [0.15, 0.2) is 46.9 Å². The highest BCUT2D eigenvalue weighted by Gasteiger charge is 2.11. The number of carbonyl (C=O) groups is 1. The summed E-state index contributed by atoms with van der Waals surface area (Å²) in [7, 11) is 0. The molecule has 2 aromatic heterocycles. The lowest BCUT2D eigenvalue weighted by atomic mass is 10.1. The molecular weight excluding hydrogens is 318 g/mol. The first-order valence-electron chi connectivity index (χ1n) is 8.12. The molecule has 0 aliphatic heterocycles. The Morgan fingerprint density at radius 2 is 1.96 bits per heavy atom. The van der Waals surface area contributed by atoms with Crippen molar-refractivity contribution in [2.45, 2.75) is 26.7 Å². The highest BCUT2D eigenvalue weighted by molar-refractivity contribution is 5.90. The fraction of sp³-hybridized carbons (Fsp3) is 0.263. The monoisotopic (exact) mass is 337 g/mol. The highest BCUT2D eigenvalue weighted by Crippen LogP contribution is 2.19. The molecule has 0 amide bonds. The van der Waals surface area contributed by atoms with Gasteiger partial charge >= 0.3 is 5.97 Å². The molecule has 3 rings (SSSR count). The third-order valence-electron chi connectivity index (χ3n) is 3.63. The van der Waals surface area contributed by atoms with Gasteiger partial charge < -0.3 is 9.15 Å². The standard InChI is InChI=1S/C19H19N3O3/c1-13-6-3-9-17(20-13)10-5-11-24-19(23)16-8-4-7-15(12-16)18-22-21-14(2)25-18/h3-4,6-9,12H,5,10-11H2,1-2H3. The Morgan fingerprint density at radius 3 is 2.72 bits per heavy atom. The molecule has 0 fully saturated rings. The number of benzene rings is 1. The number of hydrogen-bond donors (Lipinski definition) is 0. The third kappa shape index (κ3) is 4.50. The van der Waals surface area contributed by atoms with Crippen molar-refractivity contribution in [2.75, 3.05) is 6.61 Å². The van der Waals surface area contributed by atoms with Gasteiger partial charge in [0.25, 0.3) is 0 Å². The van der Waals surface area contributed by atoms with Crippen LogP contribution in [0.25, 0.3) is 11.5 Å². The number of aromatic nitrogens is 3. The molecule has 0 aliphatic carbocycles. The van der Waals surface area contributed by atoms with E-state index in [0.717, 1.165) is 24.2 Å². The summed E-state index contributed by atoms with van der Waals surface area (Å²) in [4.78, 5) is 16.6. The number of hydrogen-bond acceptors (Lipinski definition) is 6. The number of esters is 1. The van der Waals surface area contributed by atoms with Crippen LogP contribution in [-0.2, 0) is 11.2 Å². The number of aryl methyl sites for hydroxylation is 3. The molecular formula is C19H19N3O3. The summed E-state index contributed by atoms with van der Waals surface area (Å²) < 4.78 is 10.7.